The lowest BCUT2D eigenvalue weighted by atomic mass is 10.0. The van der Waals surface area contributed by atoms with Crippen molar-refractivity contribution < 1.29 is 18.3 Å². The minimum atomic E-state index is -3.87. The molecule has 1 aliphatic heterocycles. The molecule has 0 saturated heterocycles. The summed E-state index contributed by atoms with van der Waals surface area (Å²) in [7, 11) is -1.84. The normalized spacial score (nSPS) is 20.7. The van der Waals surface area contributed by atoms with E-state index in [1.807, 2.05) is 75.6 Å². The highest BCUT2D eigenvalue weighted by Gasteiger charge is 2.38. The first-order chi connectivity index (χ1) is 17.2. The number of likely N-dealkylation sites (N-methyl/N-ethyl adjacent to an activating group) is 1. The van der Waals surface area contributed by atoms with Crippen molar-refractivity contribution in [2.45, 2.75) is 44.4 Å². The third-order valence-electron chi connectivity index (χ3n) is 6.72. The van der Waals surface area contributed by atoms with E-state index in [1.54, 1.807) is 19.2 Å². The fourth-order valence-corrected chi connectivity index (χ4v) is 6.37. The first kappa shape index (κ1) is 26.3. The van der Waals surface area contributed by atoms with Crippen LogP contribution in [0.5, 0.6) is 5.75 Å². The number of aryl methyl sites for hydroxylation is 1. The van der Waals surface area contributed by atoms with Crippen LogP contribution < -0.4 is 4.74 Å². The Morgan fingerprint density at radius 1 is 1.17 bits per heavy atom. The van der Waals surface area contributed by atoms with E-state index in [-0.39, 0.29) is 30.1 Å². The number of fused-ring (bicyclic) bond motifs is 1. The number of benzene rings is 2. The zero-order valence-electron chi connectivity index (χ0n) is 21.3. The van der Waals surface area contributed by atoms with Crippen molar-refractivity contribution >= 4 is 10.0 Å². The number of pyridine rings is 1. The van der Waals surface area contributed by atoms with Crippen LogP contribution in [0.3, 0.4) is 0 Å². The molecule has 4 rings (SSSR count). The minimum absolute atomic E-state index is 0.110. The summed E-state index contributed by atoms with van der Waals surface area (Å²) < 4.78 is 35.3. The van der Waals surface area contributed by atoms with Crippen molar-refractivity contribution in [1.82, 2.24) is 14.2 Å². The molecule has 1 N–H and O–H groups in total. The predicted octanol–water partition coefficient (Wildman–Crippen LogP) is 3.96. The van der Waals surface area contributed by atoms with E-state index in [4.69, 9.17) is 4.74 Å². The summed E-state index contributed by atoms with van der Waals surface area (Å²) in [6.07, 6.45) is 3.34. The Kier molecular flexibility index (Phi) is 8.10. The molecule has 192 valence electrons. The van der Waals surface area contributed by atoms with Crippen LogP contribution in [0, 0.1) is 12.8 Å². The highest BCUT2D eigenvalue weighted by atomic mass is 32.2. The van der Waals surface area contributed by atoms with Crippen LogP contribution >= 0.6 is 0 Å². The second kappa shape index (κ2) is 11.1. The van der Waals surface area contributed by atoms with Crippen LogP contribution in [0.2, 0.25) is 0 Å². The zero-order valence-corrected chi connectivity index (χ0v) is 22.1. The number of sulfonamides is 1. The molecule has 2 heterocycles. The van der Waals surface area contributed by atoms with E-state index in [0.717, 1.165) is 22.3 Å². The van der Waals surface area contributed by atoms with E-state index in [0.29, 0.717) is 18.8 Å². The van der Waals surface area contributed by atoms with Gasteiger partial charge in [-0.3, -0.25) is 9.88 Å². The summed E-state index contributed by atoms with van der Waals surface area (Å²) in [6, 6.07) is 16.8. The largest absolute Gasteiger partial charge is 0.487 e. The van der Waals surface area contributed by atoms with Crippen LogP contribution in [0.25, 0.3) is 11.1 Å². The summed E-state index contributed by atoms with van der Waals surface area (Å²) in [5.41, 5.74) is 4.13. The Bertz CT molecular complexity index is 1270. The lowest BCUT2D eigenvalue weighted by Gasteiger charge is -2.37. The molecule has 1 aliphatic rings. The Morgan fingerprint density at radius 3 is 2.56 bits per heavy atom. The molecule has 3 aromatic rings. The van der Waals surface area contributed by atoms with Crippen LogP contribution in [-0.2, 0) is 16.6 Å². The van der Waals surface area contributed by atoms with Gasteiger partial charge < -0.3 is 9.84 Å². The molecule has 0 spiro atoms. The van der Waals surface area contributed by atoms with E-state index < -0.39 is 16.1 Å². The van der Waals surface area contributed by atoms with E-state index >= 15 is 0 Å². The van der Waals surface area contributed by atoms with Crippen molar-refractivity contribution in [2.75, 3.05) is 26.7 Å². The van der Waals surface area contributed by atoms with E-state index in [9.17, 15) is 13.5 Å². The van der Waals surface area contributed by atoms with Gasteiger partial charge >= 0.3 is 0 Å². The van der Waals surface area contributed by atoms with Crippen molar-refractivity contribution in [3.63, 3.8) is 0 Å². The predicted molar refractivity (Wildman–Crippen MR) is 141 cm³/mol. The number of nitrogens with zero attached hydrogens (tertiary/aromatic N) is 3. The third-order valence-corrected chi connectivity index (χ3v) is 8.74. The molecule has 1 aromatic heterocycles. The number of ether oxygens (including phenoxy) is 1. The Balaban J connectivity index is 1.72. The molecule has 0 amide bonds. The maximum Gasteiger partial charge on any atom is 0.247 e. The van der Waals surface area contributed by atoms with Gasteiger partial charge in [-0.05, 0) is 55.8 Å². The molecule has 8 heteroatoms. The number of hydrogen-bond donors (Lipinski definition) is 1. The lowest BCUT2D eigenvalue weighted by molar-refractivity contribution is 0.0734. The number of aliphatic hydroxyl groups excluding tert-OH is 1. The van der Waals surface area contributed by atoms with Crippen molar-refractivity contribution in [3.8, 4) is 16.9 Å². The van der Waals surface area contributed by atoms with Crippen LogP contribution in [-0.4, -0.2) is 66.6 Å². The smallest absolute Gasteiger partial charge is 0.247 e. The number of aromatic nitrogens is 1. The number of hydrogen-bond acceptors (Lipinski definition) is 6. The molecule has 7 nitrogen and oxygen atoms in total. The van der Waals surface area contributed by atoms with Gasteiger partial charge in [0.1, 0.15) is 16.7 Å². The monoisotopic (exact) mass is 509 g/mol. The molecule has 0 unspecified atom stereocenters. The lowest BCUT2D eigenvalue weighted by Crippen LogP contribution is -2.49. The molecule has 36 heavy (non-hydrogen) atoms. The second-order valence-corrected chi connectivity index (χ2v) is 11.7. The highest BCUT2D eigenvalue weighted by molar-refractivity contribution is 7.89. The molecule has 0 bridgehead atoms. The van der Waals surface area contributed by atoms with Crippen molar-refractivity contribution in [3.05, 3.63) is 78.1 Å². The third kappa shape index (κ3) is 5.78. The standard InChI is InChI=1S/C28H35N3O4S/c1-20-7-9-24(10-8-20)25-11-12-28-26(14-25)35-27(18-30(4)17-23-6-5-13-29-15-23)21(2)16-31(22(3)19-32)36(28,33)34/h5-15,21-22,27,32H,16-19H2,1-4H3/t21-,22+,27-/m1/s1. The van der Waals surface area contributed by atoms with Gasteiger partial charge in [-0.25, -0.2) is 8.42 Å². The summed E-state index contributed by atoms with van der Waals surface area (Å²) in [4.78, 5) is 6.49. The van der Waals surface area contributed by atoms with Gasteiger partial charge in [0.2, 0.25) is 10.0 Å². The van der Waals surface area contributed by atoms with Gasteiger partial charge in [0, 0.05) is 44.0 Å². The first-order valence-corrected chi connectivity index (χ1v) is 13.7. The average molecular weight is 510 g/mol. The second-order valence-electron chi connectivity index (χ2n) is 9.83. The summed E-state index contributed by atoms with van der Waals surface area (Å²) in [5.74, 6) is 0.232. The molecule has 3 atom stereocenters. The quantitative estimate of drug-likeness (QED) is 0.519. The van der Waals surface area contributed by atoms with Gasteiger partial charge in [0.25, 0.3) is 0 Å². The molecular formula is C28H35N3O4S. The summed E-state index contributed by atoms with van der Waals surface area (Å²) in [5, 5.41) is 9.85. The van der Waals surface area contributed by atoms with E-state index in [1.165, 1.54) is 4.31 Å². The summed E-state index contributed by atoms with van der Waals surface area (Å²) in [6.45, 7) is 7.08. The van der Waals surface area contributed by atoms with Crippen LogP contribution in [0.4, 0.5) is 0 Å². The molecule has 2 aromatic carbocycles. The van der Waals surface area contributed by atoms with Gasteiger partial charge in [-0.1, -0.05) is 48.9 Å². The van der Waals surface area contributed by atoms with E-state index in [2.05, 4.69) is 9.88 Å². The highest BCUT2D eigenvalue weighted by Crippen LogP contribution is 2.36. The average Bonchev–Trinajstić information content (AvgIpc) is 2.86. The van der Waals surface area contributed by atoms with Gasteiger partial charge in [-0.15, -0.1) is 0 Å². The van der Waals surface area contributed by atoms with Gasteiger partial charge in [0.05, 0.1) is 6.61 Å². The van der Waals surface area contributed by atoms with Crippen LogP contribution in [0.15, 0.2) is 71.9 Å². The van der Waals surface area contributed by atoms with Crippen molar-refractivity contribution in [1.29, 1.82) is 0 Å². The fourth-order valence-electron chi connectivity index (χ4n) is 4.54. The molecule has 0 fully saturated rings. The van der Waals surface area contributed by atoms with Gasteiger partial charge in [-0.2, -0.15) is 4.31 Å². The molecule has 0 aliphatic carbocycles. The molecular weight excluding hydrogens is 474 g/mol. The first-order valence-electron chi connectivity index (χ1n) is 12.3. The molecule has 0 saturated carbocycles. The maximum atomic E-state index is 13.7. The number of rotatable bonds is 7. The maximum absolute atomic E-state index is 13.7. The topological polar surface area (TPSA) is 83.0 Å². The Hall–Kier alpha value is -2.78. The zero-order chi connectivity index (χ0) is 25.9. The Labute approximate surface area is 214 Å². The Morgan fingerprint density at radius 2 is 1.89 bits per heavy atom. The van der Waals surface area contributed by atoms with Crippen molar-refractivity contribution in [2.24, 2.45) is 5.92 Å². The van der Waals surface area contributed by atoms with Crippen LogP contribution in [0.1, 0.15) is 25.0 Å². The summed E-state index contributed by atoms with van der Waals surface area (Å²) >= 11 is 0. The minimum Gasteiger partial charge on any atom is -0.487 e. The van der Waals surface area contributed by atoms with Gasteiger partial charge in [0.15, 0.2) is 0 Å². The fraction of sp³-hybridized carbons (Fsp3) is 0.393. The molecule has 0 radical (unpaired) electrons. The number of aliphatic hydroxyl groups is 1. The SMILES string of the molecule is Cc1ccc(-c2ccc3c(c2)O[C@H](CN(C)Cc2cccnc2)[C@H](C)CN([C@@H](C)CO)S3(=O)=O)cc1.